The molecule has 0 bridgehead atoms. The highest BCUT2D eigenvalue weighted by Gasteiger charge is 2.13. The lowest BCUT2D eigenvalue weighted by atomic mass is 10.2. The summed E-state index contributed by atoms with van der Waals surface area (Å²) in [6.45, 7) is 2.94. The maximum atomic E-state index is 10.9. The number of nitrogens with zero attached hydrogens (tertiary/aromatic N) is 2. The summed E-state index contributed by atoms with van der Waals surface area (Å²) in [5.74, 6) is 0. The normalized spacial score (nSPS) is 10.6. The van der Waals surface area contributed by atoms with Crippen molar-refractivity contribution in [2.75, 3.05) is 0 Å². The first-order valence-electron chi connectivity index (χ1n) is 5.61. The van der Waals surface area contributed by atoms with Crippen LogP contribution in [0.2, 0.25) is 5.02 Å². The molecular formula is C12H12ClN3O2S. The minimum Gasteiger partial charge on any atom is -0.306 e. The molecule has 1 heterocycles. The molecule has 5 nitrogen and oxygen atoms in total. The molecule has 0 aliphatic heterocycles. The van der Waals surface area contributed by atoms with E-state index in [1.165, 1.54) is 6.07 Å². The molecule has 19 heavy (non-hydrogen) atoms. The quantitative estimate of drug-likeness (QED) is 0.679. The number of aromatic nitrogens is 1. The van der Waals surface area contributed by atoms with E-state index in [0.29, 0.717) is 23.7 Å². The van der Waals surface area contributed by atoms with Crippen LogP contribution in [0.3, 0.4) is 0 Å². The monoisotopic (exact) mass is 297 g/mol. The molecule has 0 aliphatic rings. The van der Waals surface area contributed by atoms with Crippen LogP contribution in [0, 0.1) is 17.0 Å². The van der Waals surface area contributed by atoms with Gasteiger partial charge in [0.25, 0.3) is 5.69 Å². The highest BCUT2D eigenvalue weighted by molar-refractivity contribution is 7.09. The van der Waals surface area contributed by atoms with Crippen molar-refractivity contribution in [3.05, 3.63) is 55.0 Å². The third-order valence-corrected chi connectivity index (χ3v) is 3.70. The lowest BCUT2D eigenvalue weighted by molar-refractivity contribution is -0.385. The summed E-state index contributed by atoms with van der Waals surface area (Å²) < 4.78 is 0. The van der Waals surface area contributed by atoms with E-state index in [9.17, 15) is 10.1 Å². The molecule has 0 radical (unpaired) electrons. The van der Waals surface area contributed by atoms with E-state index in [0.717, 1.165) is 10.7 Å². The summed E-state index contributed by atoms with van der Waals surface area (Å²) in [6, 6.07) is 4.69. The number of halogens is 1. The van der Waals surface area contributed by atoms with E-state index >= 15 is 0 Å². The van der Waals surface area contributed by atoms with Crippen molar-refractivity contribution in [2.24, 2.45) is 0 Å². The number of benzene rings is 1. The van der Waals surface area contributed by atoms with Crippen molar-refractivity contribution in [2.45, 2.75) is 20.0 Å². The number of hydrogen-bond acceptors (Lipinski definition) is 5. The molecule has 0 spiro atoms. The van der Waals surface area contributed by atoms with E-state index in [1.807, 2.05) is 12.3 Å². The summed E-state index contributed by atoms with van der Waals surface area (Å²) >= 11 is 7.33. The SMILES string of the molecule is Cc1csc(CNCc2ccc(Cl)cc2[N+](=O)[O-])n1. The van der Waals surface area contributed by atoms with Gasteiger partial charge in [-0.05, 0) is 19.1 Å². The fourth-order valence-electron chi connectivity index (χ4n) is 1.64. The van der Waals surface area contributed by atoms with Gasteiger partial charge in [-0.2, -0.15) is 0 Å². The van der Waals surface area contributed by atoms with Gasteiger partial charge in [0.2, 0.25) is 0 Å². The first-order valence-corrected chi connectivity index (χ1v) is 6.86. The van der Waals surface area contributed by atoms with E-state index in [2.05, 4.69) is 10.3 Å². The molecule has 100 valence electrons. The van der Waals surface area contributed by atoms with Crippen LogP contribution in [0.25, 0.3) is 0 Å². The summed E-state index contributed by atoms with van der Waals surface area (Å²) in [4.78, 5) is 14.8. The Hall–Kier alpha value is -1.50. The first-order chi connectivity index (χ1) is 9.06. The number of nitro groups is 1. The Bertz CT molecular complexity index is 600. The zero-order chi connectivity index (χ0) is 13.8. The van der Waals surface area contributed by atoms with E-state index in [1.54, 1.807) is 23.5 Å². The number of rotatable bonds is 5. The standard InChI is InChI=1S/C12H12ClN3O2S/c1-8-7-19-12(15-8)6-14-5-9-2-3-10(13)4-11(9)16(17)18/h2-4,7,14H,5-6H2,1H3. The molecule has 0 unspecified atom stereocenters. The molecule has 1 aromatic carbocycles. The second-order valence-corrected chi connectivity index (χ2v) is 5.40. The molecule has 1 N–H and O–H groups in total. The fraction of sp³-hybridized carbons (Fsp3) is 0.250. The van der Waals surface area contributed by atoms with Gasteiger partial charge in [-0.25, -0.2) is 4.98 Å². The third-order valence-electron chi connectivity index (χ3n) is 2.50. The second kappa shape index (κ2) is 6.10. The van der Waals surface area contributed by atoms with Crippen LogP contribution < -0.4 is 5.32 Å². The molecule has 0 saturated carbocycles. The third kappa shape index (κ3) is 3.73. The topological polar surface area (TPSA) is 68.1 Å². The number of aryl methyl sites for hydroxylation is 1. The van der Waals surface area contributed by atoms with Crippen molar-refractivity contribution in [1.82, 2.24) is 10.3 Å². The second-order valence-electron chi connectivity index (χ2n) is 4.02. The highest BCUT2D eigenvalue weighted by Crippen LogP contribution is 2.23. The van der Waals surface area contributed by atoms with Crippen molar-refractivity contribution in [1.29, 1.82) is 0 Å². The van der Waals surface area contributed by atoms with Gasteiger partial charge < -0.3 is 5.32 Å². The average molecular weight is 298 g/mol. The first kappa shape index (κ1) is 13.9. The van der Waals surface area contributed by atoms with Gasteiger partial charge >= 0.3 is 0 Å². The van der Waals surface area contributed by atoms with Gasteiger partial charge in [0.15, 0.2) is 0 Å². The lowest BCUT2D eigenvalue weighted by Crippen LogP contribution is -2.13. The largest absolute Gasteiger partial charge is 0.306 e. The number of nitrogens with one attached hydrogen (secondary N) is 1. The summed E-state index contributed by atoms with van der Waals surface area (Å²) in [6.07, 6.45) is 0. The lowest BCUT2D eigenvalue weighted by Gasteiger charge is -2.04. The smallest absolute Gasteiger partial charge is 0.275 e. The Morgan fingerprint density at radius 2 is 2.26 bits per heavy atom. The Kier molecular flexibility index (Phi) is 4.47. The average Bonchev–Trinajstić information content (AvgIpc) is 2.77. The zero-order valence-electron chi connectivity index (χ0n) is 10.2. The van der Waals surface area contributed by atoms with Crippen LogP contribution in [0.4, 0.5) is 5.69 Å². The predicted molar refractivity (Wildman–Crippen MR) is 75.5 cm³/mol. The Morgan fingerprint density at radius 3 is 2.89 bits per heavy atom. The van der Waals surface area contributed by atoms with Crippen LogP contribution in [0.1, 0.15) is 16.3 Å². The molecule has 0 atom stereocenters. The van der Waals surface area contributed by atoms with Crippen LogP contribution in [-0.4, -0.2) is 9.91 Å². The molecule has 0 saturated heterocycles. The molecular weight excluding hydrogens is 286 g/mol. The van der Waals surface area contributed by atoms with Crippen LogP contribution in [0.15, 0.2) is 23.6 Å². The van der Waals surface area contributed by atoms with Crippen molar-refractivity contribution in [3.63, 3.8) is 0 Å². The Labute approximate surface area is 119 Å². The van der Waals surface area contributed by atoms with Crippen molar-refractivity contribution >= 4 is 28.6 Å². The maximum absolute atomic E-state index is 10.9. The zero-order valence-corrected chi connectivity index (χ0v) is 11.8. The summed E-state index contributed by atoms with van der Waals surface area (Å²) in [7, 11) is 0. The van der Waals surface area contributed by atoms with Crippen molar-refractivity contribution < 1.29 is 4.92 Å². The van der Waals surface area contributed by atoms with Crippen LogP contribution in [-0.2, 0) is 13.1 Å². The van der Waals surface area contributed by atoms with E-state index in [-0.39, 0.29) is 5.69 Å². The summed E-state index contributed by atoms with van der Waals surface area (Å²) in [5, 5.41) is 17.4. The molecule has 0 fully saturated rings. The Morgan fingerprint density at radius 1 is 1.47 bits per heavy atom. The molecule has 1 aromatic heterocycles. The van der Waals surface area contributed by atoms with E-state index in [4.69, 9.17) is 11.6 Å². The molecule has 7 heteroatoms. The number of thiazole rings is 1. The molecule has 2 rings (SSSR count). The molecule has 0 aliphatic carbocycles. The van der Waals surface area contributed by atoms with Gasteiger partial charge in [0, 0.05) is 40.8 Å². The van der Waals surface area contributed by atoms with Gasteiger partial charge in [-0.3, -0.25) is 10.1 Å². The van der Waals surface area contributed by atoms with Gasteiger partial charge in [0.05, 0.1) is 4.92 Å². The number of hydrogen-bond donors (Lipinski definition) is 1. The van der Waals surface area contributed by atoms with Crippen LogP contribution >= 0.6 is 22.9 Å². The molecule has 2 aromatic rings. The van der Waals surface area contributed by atoms with Gasteiger partial charge in [0.1, 0.15) is 5.01 Å². The van der Waals surface area contributed by atoms with Crippen molar-refractivity contribution in [3.8, 4) is 0 Å². The minimum absolute atomic E-state index is 0.0373. The Balaban J connectivity index is 2.01. The minimum atomic E-state index is -0.420. The van der Waals surface area contributed by atoms with Gasteiger partial charge in [-0.1, -0.05) is 11.6 Å². The fourth-order valence-corrected chi connectivity index (χ4v) is 2.55. The van der Waals surface area contributed by atoms with Crippen LogP contribution in [0.5, 0.6) is 0 Å². The predicted octanol–water partition coefficient (Wildman–Crippen LogP) is 3.30. The maximum Gasteiger partial charge on any atom is 0.275 e. The summed E-state index contributed by atoms with van der Waals surface area (Å²) in [5.41, 5.74) is 1.64. The number of nitro benzene ring substituents is 1. The highest BCUT2D eigenvalue weighted by atomic mass is 35.5. The van der Waals surface area contributed by atoms with E-state index < -0.39 is 4.92 Å². The molecule has 0 amide bonds. The van der Waals surface area contributed by atoms with Gasteiger partial charge in [-0.15, -0.1) is 11.3 Å².